The van der Waals surface area contributed by atoms with Gasteiger partial charge in [0.1, 0.15) is 5.01 Å². The van der Waals surface area contributed by atoms with Crippen molar-refractivity contribution in [2.45, 2.75) is 26.2 Å². The second-order valence-electron chi connectivity index (χ2n) is 4.58. The van der Waals surface area contributed by atoms with Crippen molar-refractivity contribution in [2.24, 2.45) is 0 Å². The standard InChI is InChI=1S/C14H13Cl2N3S/c1-2-3-4-13-18-19-8-12(17-14(19)20-13)9-5-6-10(15)11(16)7-9/h5-8H,2-4H2,1H3. The maximum absolute atomic E-state index is 6.04. The first-order chi connectivity index (χ1) is 9.67. The van der Waals surface area contributed by atoms with Crippen LogP contribution in [0, 0.1) is 0 Å². The van der Waals surface area contributed by atoms with Gasteiger partial charge in [-0.3, -0.25) is 0 Å². The lowest BCUT2D eigenvalue weighted by atomic mass is 10.2. The Kier molecular flexibility index (Phi) is 3.96. The van der Waals surface area contributed by atoms with Gasteiger partial charge in [0.15, 0.2) is 0 Å². The fourth-order valence-corrected chi connectivity index (χ4v) is 3.18. The maximum Gasteiger partial charge on any atom is 0.212 e. The zero-order chi connectivity index (χ0) is 14.1. The van der Waals surface area contributed by atoms with Gasteiger partial charge >= 0.3 is 0 Å². The van der Waals surface area contributed by atoms with E-state index in [1.54, 1.807) is 17.4 Å². The molecular formula is C14H13Cl2N3S. The van der Waals surface area contributed by atoms with Crippen LogP contribution in [0.4, 0.5) is 0 Å². The molecule has 0 atom stereocenters. The minimum absolute atomic E-state index is 0.539. The van der Waals surface area contributed by atoms with Crippen molar-refractivity contribution in [3.05, 3.63) is 39.4 Å². The molecule has 0 aliphatic carbocycles. The molecule has 6 heteroatoms. The van der Waals surface area contributed by atoms with E-state index in [9.17, 15) is 0 Å². The first-order valence-corrected chi connectivity index (χ1v) is 8.05. The van der Waals surface area contributed by atoms with Crippen LogP contribution in [0.5, 0.6) is 0 Å². The molecule has 104 valence electrons. The lowest BCUT2D eigenvalue weighted by Crippen LogP contribution is -1.86. The molecule has 0 saturated heterocycles. The van der Waals surface area contributed by atoms with E-state index in [0.717, 1.165) is 34.1 Å². The first-order valence-electron chi connectivity index (χ1n) is 6.48. The fourth-order valence-electron chi connectivity index (χ4n) is 1.96. The highest BCUT2D eigenvalue weighted by atomic mass is 35.5. The number of benzene rings is 1. The lowest BCUT2D eigenvalue weighted by Gasteiger charge is -1.99. The predicted molar refractivity (Wildman–Crippen MR) is 84.9 cm³/mol. The van der Waals surface area contributed by atoms with Gasteiger partial charge in [-0.1, -0.05) is 53.9 Å². The normalized spacial score (nSPS) is 11.3. The van der Waals surface area contributed by atoms with Gasteiger partial charge in [0.2, 0.25) is 4.96 Å². The maximum atomic E-state index is 6.04. The lowest BCUT2D eigenvalue weighted by molar-refractivity contribution is 0.770. The van der Waals surface area contributed by atoms with Crippen molar-refractivity contribution in [3.8, 4) is 11.3 Å². The number of halogens is 2. The number of unbranched alkanes of at least 4 members (excludes halogenated alkanes) is 1. The zero-order valence-electron chi connectivity index (χ0n) is 10.9. The minimum Gasteiger partial charge on any atom is -0.217 e. The molecule has 20 heavy (non-hydrogen) atoms. The summed E-state index contributed by atoms with van der Waals surface area (Å²) in [6.45, 7) is 2.18. The molecule has 0 saturated carbocycles. The van der Waals surface area contributed by atoms with E-state index in [1.165, 1.54) is 6.42 Å². The number of aromatic nitrogens is 3. The van der Waals surface area contributed by atoms with Crippen LogP contribution in [0.1, 0.15) is 24.8 Å². The van der Waals surface area contributed by atoms with E-state index in [0.29, 0.717) is 10.0 Å². The Morgan fingerprint density at radius 3 is 2.80 bits per heavy atom. The Bertz CT molecular complexity index is 717. The summed E-state index contributed by atoms with van der Waals surface area (Å²) in [5.41, 5.74) is 1.82. The van der Waals surface area contributed by atoms with Gasteiger partial charge in [0.25, 0.3) is 0 Å². The summed E-state index contributed by atoms with van der Waals surface area (Å²) in [6, 6.07) is 5.53. The molecule has 0 amide bonds. The molecule has 0 radical (unpaired) electrons. The van der Waals surface area contributed by atoms with Crippen LogP contribution >= 0.6 is 34.5 Å². The highest BCUT2D eigenvalue weighted by Crippen LogP contribution is 2.29. The SMILES string of the molecule is CCCCc1nn2cc(-c3ccc(Cl)c(Cl)c3)nc2s1. The topological polar surface area (TPSA) is 30.2 Å². The molecule has 1 aromatic carbocycles. The summed E-state index contributed by atoms with van der Waals surface area (Å²) in [6.07, 6.45) is 5.29. The zero-order valence-corrected chi connectivity index (χ0v) is 13.3. The molecular weight excluding hydrogens is 313 g/mol. The third-order valence-corrected chi connectivity index (χ3v) is 4.77. The van der Waals surface area contributed by atoms with Crippen molar-refractivity contribution in [2.75, 3.05) is 0 Å². The largest absolute Gasteiger partial charge is 0.217 e. The van der Waals surface area contributed by atoms with Gasteiger partial charge < -0.3 is 0 Å². The molecule has 0 spiro atoms. The first kappa shape index (κ1) is 13.9. The van der Waals surface area contributed by atoms with Crippen molar-refractivity contribution in [1.82, 2.24) is 14.6 Å². The van der Waals surface area contributed by atoms with Gasteiger partial charge in [0.05, 0.1) is 21.9 Å². The van der Waals surface area contributed by atoms with Crippen molar-refractivity contribution in [1.29, 1.82) is 0 Å². The van der Waals surface area contributed by atoms with Crippen molar-refractivity contribution >= 4 is 39.5 Å². The number of hydrogen-bond donors (Lipinski definition) is 0. The van der Waals surface area contributed by atoms with Crippen LogP contribution in [0.2, 0.25) is 10.0 Å². The summed E-state index contributed by atoms with van der Waals surface area (Å²) in [4.78, 5) is 5.51. The summed E-state index contributed by atoms with van der Waals surface area (Å²) < 4.78 is 1.84. The number of fused-ring (bicyclic) bond motifs is 1. The monoisotopic (exact) mass is 325 g/mol. The van der Waals surface area contributed by atoms with E-state index in [4.69, 9.17) is 23.2 Å². The molecule has 3 aromatic rings. The molecule has 3 nitrogen and oxygen atoms in total. The van der Waals surface area contributed by atoms with Gasteiger partial charge in [-0.15, -0.1) is 0 Å². The third kappa shape index (κ3) is 2.68. The minimum atomic E-state index is 0.539. The van der Waals surface area contributed by atoms with Crippen LogP contribution in [0.15, 0.2) is 24.4 Å². The average Bonchev–Trinajstić information content (AvgIpc) is 2.97. The Morgan fingerprint density at radius 1 is 1.25 bits per heavy atom. The van der Waals surface area contributed by atoms with Crippen LogP contribution in [0.3, 0.4) is 0 Å². The van der Waals surface area contributed by atoms with Crippen LogP contribution < -0.4 is 0 Å². The Balaban J connectivity index is 1.92. The van der Waals surface area contributed by atoms with Gasteiger partial charge in [-0.2, -0.15) is 5.10 Å². The van der Waals surface area contributed by atoms with Crippen molar-refractivity contribution in [3.63, 3.8) is 0 Å². The second kappa shape index (κ2) is 5.72. The Hall–Kier alpha value is -1.10. The molecule has 0 N–H and O–H groups in total. The number of hydrogen-bond acceptors (Lipinski definition) is 3. The summed E-state index contributed by atoms with van der Waals surface area (Å²) in [5.74, 6) is 0. The number of rotatable bonds is 4. The summed E-state index contributed by atoms with van der Waals surface area (Å²) in [5, 5.41) is 6.78. The van der Waals surface area contributed by atoms with Crippen molar-refractivity contribution < 1.29 is 0 Å². The summed E-state index contributed by atoms with van der Waals surface area (Å²) >= 11 is 13.6. The fraction of sp³-hybridized carbons (Fsp3) is 0.286. The van der Waals surface area contributed by atoms with E-state index < -0.39 is 0 Å². The number of nitrogens with zero attached hydrogens (tertiary/aromatic N) is 3. The molecule has 2 heterocycles. The van der Waals surface area contributed by atoms with E-state index in [2.05, 4.69) is 17.0 Å². The van der Waals surface area contributed by atoms with Gasteiger partial charge in [0, 0.05) is 12.0 Å². The van der Waals surface area contributed by atoms with Crippen LogP contribution in [-0.2, 0) is 6.42 Å². The van der Waals surface area contributed by atoms with Gasteiger partial charge in [-0.25, -0.2) is 9.50 Å². The van der Waals surface area contributed by atoms with Gasteiger partial charge in [-0.05, 0) is 18.6 Å². The molecule has 0 aliphatic heterocycles. The number of aryl methyl sites for hydroxylation is 1. The van der Waals surface area contributed by atoms with Crippen LogP contribution in [0.25, 0.3) is 16.2 Å². The smallest absolute Gasteiger partial charge is 0.212 e. The number of imidazole rings is 1. The van der Waals surface area contributed by atoms with E-state index >= 15 is 0 Å². The second-order valence-corrected chi connectivity index (χ2v) is 6.44. The molecule has 0 bridgehead atoms. The molecule has 0 unspecified atom stereocenters. The quantitative estimate of drug-likeness (QED) is 0.667. The van der Waals surface area contributed by atoms with E-state index in [-0.39, 0.29) is 0 Å². The highest BCUT2D eigenvalue weighted by Gasteiger charge is 2.10. The summed E-state index contributed by atoms with van der Waals surface area (Å²) in [7, 11) is 0. The molecule has 3 rings (SSSR count). The molecule has 2 aromatic heterocycles. The Labute approximate surface area is 131 Å². The highest BCUT2D eigenvalue weighted by molar-refractivity contribution is 7.16. The molecule has 0 aliphatic rings. The predicted octanol–water partition coefficient (Wildman–Crippen LogP) is 5.11. The Morgan fingerprint density at radius 2 is 2.10 bits per heavy atom. The van der Waals surface area contributed by atoms with Crippen LogP contribution in [-0.4, -0.2) is 14.6 Å². The third-order valence-electron chi connectivity index (χ3n) is 3.04. The van der Waals surface area contributed by atoms with E-state index in [1.807, 2.05) is 22.8 Å². The molecule has 0 fully saturated rings. The average molecular weight is 326 g/mol.